The molecule has 2 aliphatic rings. The highest BCUT2D eigenvalue weighted by Gasteiger charge is 2.44. The van der Waals surface area contributed by atoms with Crippen molar-refractivity contribution in [3.8, 4) is 5.75 Å². The molecule has 2 unspecified atom stereocenters. The van der Waals surface area contributed by atoms with Gasteiger partial charge < -0.3 is 15.8 Å². The van der Waals surface area contributed by atoms with Crippen LogP contribution in [0.25, 0.3) is 0 Å². The minimum absolute atomic E-state index is 0.321. The van der Waals surface area contributed by atoms with Crippen LogP contribution in [0.1, 0.15) is 24.8 Å². The Kier molecular flexibility index (Phi) is 2.65. The number of hydrogen-bond donors (Lipinski definition) is 2. The molecular weight excluding hydrogens is 226 g/mol. The van der Waals surface area contributed by atoms with Crippen LogP contribution in [-0.4, -0.2) is 25.2 Å². The predicted molar refractivity (Wildman–Crippen MR) is 71.9 cm³/mol. The van der Waals surface area contributed by atoms with Gasteiger partial charge in [0, 0.05) is 0 Å². The van der Waals surface area contributed by atoms with E-state index in [0.717, 1.165) is 12.2 Å². The summed E-state index contributed by atoms with van der Waals surface area (Å²) in [5.74, 6) is 2.56. The molecule has 0 radical (unpaired) electrons. The number of nitrogens with two attached hydrogens (primary N) is 1. The molecule has 1 aromatic carbocycles. The van der Waals surface area contributed by atoms with E-state index >= 15 is 0 Å². The highest BCUT2D eigenvalue weighted by Crippen LogP contribution is 2.43. The van der Waals surface area contributed by atoms with Gasteiger partial charge in [0.25, 0.3) is 0 Å². The maximum atomic E-state index is 5.74. The van der Waals surface area contributed by atoms with Crippen molar-refractivity contribution in [2.45, 2.75) is 31.3 Å². The fraction of sp³-hybridized carbons (Fsp3) is 0.500. The highest BCUT2D eigenvalue weighted by atomic mass is 16.5. The smallest absolute Gasteiger partial charge is 0.189 e. The number of methoxy groups -OCH3 is 1. The lowest BCUT2D eigenvalue weighted by molar-refractivity contribution is 0.412. The molecule has 3 rings (SSSR count). The lowest BCUT2D eigenvalue weighted by Gasteiger charge is -2.18. The van der Waals surface area contributed by atoms with Crippen LogP contribution in [0.4, 0.5) is 0 Å². The maximum absolute atomic E-state index is 5.74. The van der Waals surface area contributed by atoms with Gasteiger partial charge in [-0.2, -0.15) is 0 Å². The first-order chi connectivity index (χ1) is 8.69. The van der Waals surface area contributed by atoms with Crippen LogP contribution in [0.2, 0.25) is 0 Å². The number of nitrogens with zero attached hydrogens (tertiary/aromatic N) is 1. The van der Waals surface area contributed by atoms with E-state index in [2.05, 4.69) is 35.4 Å². The van der Waals surface area contributed by atoms with Crippen LogP contribution in [0, 0.1) is 5.92 Å². The summed E-state index contributed by atoms with van der Waals surface area (Å²) in [5.41, 5.74) is 7.08. The van der Waals surface area contributed by atoms with Crippen LogP contribution in [0.5, 0.6) is 5.75 Å². The number of hydrogen-bond acceptors (Lipinski definition) is 4. The Bertz CT molecular complexity index is 486. The van der Waals surface area contributed by atoms with Gasteiger partial charge in [-0.25, -0.2) is 4.99 Å². The summed E-state index contributed by atoms with van der Waals surface area (Å²) in [6.07, 6.45) is 1.09. The Balaban J connectivity index is 1.86. The first kappa shape index (κ1) is 11.4. The summed E-state index contributed by atoms with van der Waals surface area (Å²) < 4.78 is 5.30. The minimum Gasteiger partial charge on any atom is -0.497 e. The normalized spacial score (nSPS) is 33.8. The van der Waals surface area contributed by atoms with Crippen molar-refractivity contribution in [1.82, 2.24) is 5.32 Å². The number of fused-ring (bicyclic) bond motifs is 1. The largest absolute Gasteiger partial charge is 0.497 e. The standard InChI is InChI=1S/C14H19N3O/c1-8-11(7-12-13(8)17-14(15)16-12)9-4-3-5-10(6-9)18-2/h3-6,8,11-13H,7H2,1-2H3,(H3,15,16,17)/t8-,11-,12?,13?/m0/s1. The van der Waals surface area contributed by atoms with E-state index < -0.39 is 0 Å². The van der Waals surface area contributed by atoms with E-state index in [9.17, 15) is 0 Å². The zero-order valence-electron chi connectivity index (χ0n) is 10.8. The van der Waals surface area contributed by atoms with Gasteiger partial charge in [0.05, 0.1) is 19.2 Å². The molecule has 0 saturated heterocycles. The van der Waals surface area contributed by atoms with E-state index in [0.29, 0.717) is 29.9 Å². The number of guanidine groups is 1. The molecule has 1 aliphatic carbocycles. The molecule has 96 valence electrons. The molecule has 4 atom stereocenters. The molecule has 0 aromatic heterocycles. The van der Waals surface area contributed by atoms with Crippen LogP contribution < -0.4 is 15.8 Å². The van der Waals surface area contributed by atoms with Gasteiger partial charge >= 0.3 is 0 Å². The monoisotopic (exact) mass is 245 g/mol. The van der Waals surface area contributed by atoms with Crippen molar-refractivity contribution >= 4 is 5.96 Å². The van der Waals surface area contributed by atoms with Gasteiger partial charge in [-0.15, -0.1) is 0 Å². The number of benzene rings is 1. The molecule has 1 aromatic rings. The van der Waals surface area contributed by atoms with Gasteiger partial charge in [0.15, 0.2) is 5.96 Å². The van der Waals surface area contributed by atoms with Gasteiger partial charge in [0.2, 0.25) is 0 Å². The van der Waals surface area contributed by atoms with Gasteiger partial charge in [-0.05, 0) is 36.0 Å². The second-order valence-electron chi connectivity index (χ2n) is 5.23. The molecule has 0 bridgehead atoms. The van der Waals surface area contributed by atoms with Gasteiger partial charge in [-0.3, -0.25) is 0 Å². The Morgan fingerprint density at radius 1 is 1.44 bits per heavy atom. The summed E-state index contributed by atoms with van der Waals surface area (Å²) in [7, 11) is 1.71. The molecule has 4 nitrogen and oxygen atoms in total. The fourth-order valence-corrected chi connectivity index (χ4v) is 3.28. The third-order valence-electron chi connectivity index (χ3n) is 4.24. The number of nitrogens with one attached hydrogen (secondary N) is 1. The van der Waals surface area contributed by atoms with Crippen LogP contribution in [0.3, 0.4) is 0 Å². The maximum Gasteiger partial charge on any atom is 0.189 e. The zero-order valence-corrected chi connectivity index (χ0v) is 10.8. The summed E-state index contributed by atoms with van der Waals surface area (Å²) >= 11 is 0. The Morgan fingerprint density at radius 2 is 2.28 bits per heavy atom. The summed E-state index contributed by atoms with van der Waals surface area (Å²) in [6, 6.07) is 9.07. The zero-order chi connectivity index (χ0) is 12.7. The molecular formula is C14H19N3O. The van der Waals surface area contributed by atoms with Crippen LogP contribution >= 0.6 is 0 Å². The second-order valence-corrected chi connectivity index (χ2v) is 5.23. The molecule has 18 heavy (non-hydrogen) atoms. The predicted octanol–water partition coefficient (Wildman–Crippen LogP) is 1.47. The first-order valence-corrected chi connectivity index (χ1v) is 6.43. The van der Waals surface area contributed by atoms with E-state index in [4.69, 9.17) is 10.5 Å². The average Bonchev–Trinajstić information content (AvgIpc) is 2.88. The first-order valence-electron chi connectivity index (χ1n) is 6.43. The quantitative estimate of drug-likeness (QED) is 0.829. The van der Waals surface area contributed by atoms with E-state index in [-0.39, 0.29) is 0 Å². The summed E-state index contributed by atoms with van der Waals surface area (Å²) in [6.45, 7) is 2.26. The Hall–Kier alpha value is -1.71. The topological polar surface area (TPSA) is 59.6 Å². The van der Waals surface area contributed by atoms with E-state index in [1.54, 1.807) is 7.11 Å². The molecule has 0 amide bonds. The van der Waals surface area contributed by atoms with Crippen molar-refractivity contribution in [2.24, 2.45) is 16.6 Å². The summed E-state index contributed by atoms with van der Waals surface area (Å²) in [5, 5.41) is 3.27. The fourth-order valence-electron chi connectivity index (χ4n) is 3.28. The molecule has 4 heteroatoms. The van der Waals surface area contributed by atoms with Crippen LogP contribution in [0.15, 0.2) is 29.3 Å². The second kappa shape index (κ2) is 4.19. The SMILES string of the molecule is COc1cccc([C@H]2CC3NC(N)=NC3[C@H]2C)c1. The van der Waals surface area contributed by atoms with Crippen molar-refractivity contribution in [1.29, 1.82) is 0 Å². The summed E-state index contributed by atoms with van der Waals surface area (Å²) in [4.78, 5) is 4.50. The van der Waals surface area contributed by atoms with Crippen molar-refractivity contribution in [3.05, 3.63) is 29.8 Å². The third kappa shape index (κ3) is 1.72. The van der Waals surface area contributed by atoms with Crippen molar-refractivity contribution < 1.29 is 4.74 Å². The average molecular weight is 245 g/mol. The molecule has 1 fully saturated rings. The molecule has 0 spiro atoms. The molecule has 1 aliphatic heterocycles. The van der Waals surface area contributed by atoms with Crippen molar-refractivity contribution in [3.63, 3.8) is 0 Å². The highest BCUT2D eigenvalue weighted by molar-refractivity contribution is 5.80. The lowest BCUT2D eigenvalue weighted by Crippen LogP contribution is -2.35. The molecule has 1 heterocycles. The number of rotatable bonds is 2. The molecule has 3 N–H and O–H groups in total. The molecule has 1 saturated carbocycles. The van der Waals surface area contributed by atoms with Crippen molar-refractivity contribution in [2.75, 3.05) is 7.11 Å². The number of aliphatic imine (C=N–C) groups is 1. The third-order valence-corrected chi connectivity index (χ3v) is 4.24. The van der Waals surface area contributed by atoms with Gasteiger partial charge in [0.1, 0.15) is 5.75 Å². The lowest BCUT2D eigenvalue weighted by atomic mass is 9.89. The minimum atomic E-state index is 0.321. The number of ether oxygens (including phenoxy) is 1. The van der Waals surface area contributed by atoms with E-state index in [1.807, 2.05) is 6.07 Å². The van der Waals surface area contributed by atoms with Gasteiger partial charge in [-0.1, -0.05) is 19.1 Å². The Labute approximate surface area is 107 Å². The van der Waals surface area contributed by atoms with E-state index in [1.165, 1.54) is 5.56 Å². The van der Waals surface area contributed by atoms with Crippen LogP contribution in [-0.2, 0) is 0 Å². The Morgan fingerprint density at radius 3 is 3.00 bits per heavy atom.